The second kappa shape index (κ2) is 29.6. The molecular formula is C49H60N4O14S4. The van der Waals surface area contributed by atoms with Crippen molar-refractivity contribution in [2.45, 2.75) is 85.7 Å². The minimum Gasteiger partial charge on any atom is -0.478 e. The van der Waals surface area contributed by atoms with Gasteiger partial charge in [0.2, 0.25) is 0 Å². The Labute approximate surface area is 421 Å². The Kier molecular flexibility index (Phi) is 25.2. The number of benzene rings is 2. The Morgan fingerprint density at radius 1 is 0.577 bits per heavy atom. The zero-order valence-electron chi connectivity index (χ0n) is 38.8. The number of nitrogens with zero attached hydrogens (tertiary/aromatic N) is 4. The van der Waals surface area contributed by atoms with Crippen molar-refractivity contribution in [2.75, 3.05) is 12.5 Å². The molecule has 2 aromatic carbocycles. The van der Waals surface area contributed by atoms with E-state index in [4.69, 9.17) is 19.3 Å². The van der Waals surface area contributed by atoms with E-state index in [1.165, 1.54) is 22.7 Å². The average molecular weight is 1060 g/mol. The quantitative estimate of drug-likeness (QED) is 0.0307. The van der Waals surface area contributed by atoms with E-state index < -0.39 is 44.1 Å². The van der Waals surface area contributed by atoms with Crippen molar-refractivity contribution in [1.82, 2.24) is 19.1 Å². The number of carbonyl (C=O) groups is 4. The number of aliphatic carboxylic acids is 2. The van der Waals surface area contributed by atoms with Crippen LogP contribution in [0.5, 0.6) is 0 Å². The number of carboxylic acids is 4. The van der Waals surface area contributed by atoms with Crippen LogP contribution in [0.15, 0.2) is 107 Å². The molecule has 71 heavy (non-hydrogen) atoms. The molecule has 0 saturated heterocycles. The van der Waals surface area contributed by atoms with Gasteiger partial charge in [0.05, 0.1) is 47.4 Å². The first-order valence-electron chi connectivity index (χ1n) is 21.5. The first kappa shape index (κ1) is 60.6. The zero-order valence-corrected chi connectivity index (χ0v) is 42.1. The van der Waals surface area contributed by atoms with Crippen LogP contribution in [0.25, 0.3) is 12.2 Å². The van der Waals surface area contributed by atoms with E-state index in [1.807, 2.05) is 44.2 Å². The van der Waals surface area contributed by atoms with E-state index >= 15 is 0 Å². The summed E-state index contributed by atoms with van der Waals surface area (Å²) in [7, 11) is -7.33. The van der Waals surface area contributed by atoms with Crippen LogP contribution in [0, 0.1) is 0 Å². The average Bonchev–Trinajstić information content (AvgIpc) is 4.12. The minimum atomic E-state index is -3.67. The van der Waals surface area contributed by atoms with Gasteiger partial charge in [-0.25, -0.2) is 29.1 Å². The van der Waals surface area contributed by atoms with Crippen LogP contribution < -0.4 is 0 Å². The fourth-order valence-electron chi connectivity index (χ4n) is 6.33. The van der Waals surface area contributed by atoms with Gasteiger partial charge in [0.25, 0.3) is 20.2 Å². The van der Waals surface area contributed by atoms with Crippen molar-refractivity contribution in [2.24, 2.45) is 0 Å². The molecule has 0 fully saturated rings. The van der Waals surface area contributed by atoms with Gasteiger partial charge < -0.3 is 29.6 Å². The molecule has 22 heteroatoms. The summed E-state index contributed by atoms with van der Waals surface area (Å²) in [4.78, 5) is 56.9. The summed E-state index contributed by atoms with van der Waals surface area (Å²) < 4.78 is 55.8. The Hall–Kier alpha value is -6.56. The smallest absolute Gasteiger partial charge is 0.335 e. The Bertz CT molecular complexity index is 2700. The molecule has 6 N–H and O–H groups in total. The van der Waals surface area contributed by atoms with E-state index in [1.54, 1.807) is 73.1 Å². The number of carboxylic acid groups (broad SMARTS) is 4. The highest BCUT2D eigenvalue weighted by Crippen LogP contribution is 2.22. The lowest BCUT2D eigenvalue weighted by atomic mass is 10.1. The van der Waals surface area contributed by atoms with Crippen molar-refractivity contribution in [3.63, 3.8) is 0 Å². The standard InChI is InChI=1S/2C23H24N2O4S.2CH4O3S.CH4/c2*1-2-3-6-21-24-14-19(12-18(23(28)29)13-20-5-4-11-30-20)25(21)15-16-7-9-17(10-8-16)22(26)27;2*1-5(2,3)4;/h2*4-5,7-12,14H,2-3,6,13,15H2,1H3,(H,26,27)(H,28,29);2*1H3,(H,2,3,4);1H4/b2*18-12+;;;. The third kappa shape index (κ3) is 23.3. The second-order valence-electron chi connectivity index (χ2n) is 15.5. The van der Waals surface area contributed by atoms with Crippen molar-refractivity contribution < 1.29 is 65.5 Å². The molecule has 0 spiro atoms. The van der Waals surface area contributed by atoms with Crippen LogP contribution >= 0.6 is 22.7 Å². The summed E-state index contributed by atoms with van der Waals surface area (Å²) in [5.74, 6) is -2.03. The Balaban J connectivity index is 0.000000404. The van der Waals surface area contributed by atoms with Gasteiger partial charge >= 0.3 is 23.9 Å². The summed E-state index contributed by atoms with van der Waals surface area (Å²) >= 11 is 3.06. The molecule has 18 nitrogen and oxygen atoms in total. The molecule has 0 unspecified atom stereocenters. The molecule has 0 aliphatic heterocycles. The number of imidazole rings is 2. The Morgan fingerprint density at radius 3 is 1.15 bits per heavy atom. The van der Waals surface area contributed by atoms with Crippen molar-refractivity contribution in [1.29, 1.82) is 0 Å². The molecule has 0 aliphatic rings. The SMILES string of the molecule is C.CCCCc1ncc(/C=C(\Cc2cccs2)C(=O)O)n1Cc1ccc(C(=O)O)cc1.CCCCc1ncc(/C=C(\Cc2cccs2)C(=O)O)n1Cc1ccc(C(=O)O)cc1.CS(=O)(=O)O.CS(=O)(=O)O. The topological polar surface area (TPSA) is 294 Å². The van der Waals surface area contributed by atoms with Crippen molar-refractivity contribution in [3.8, 4) is 0 Å². The van der Waals surface area contributed by atoms with Crippen LogP contribution in [0.1, 0.15) is 112 Å². The molecule has 0 amide bonds. The van der Waals surface area contributed by atoms with Gasteiger partial charge in [-0.3, -0.25) is 9.11 Å². The van der Waals surface area contributed by atoms with E-state index in [0.29, 0.717) is 49.6 Å². The number of aryl methyl sites for hydroxylation is 2. The van der Waals surface area contributed by atoms with Crippen LogP contribution in [-0.4, -0.2) is 102 Å². The molecule has 6 aromatic rings. The van der Waals surface area contributed by atoms with Crippen molar-refractivity contribution in [3.05, 3.63) is 162 Å². The van der Waals surface area contributed by atoms with E-state index in [2.05, 4.69) is 23.8 Å². The number of rotatable bonds is 20. The third-order valence-electron chi connectivity index (χ3n) is 9.61. The van der Waals surface area contributed by atoms with Gasteiger partial charge in [0.15, 0.2) is 0 Å². The van der Waals surface area contributed by atoms with Crippen LogP contribution in [0.4, 0.5) is 0 Å². The van der Waals surface area contributed by atoms with Crippen molar-refractivity contribution >= 4 is 78.9 Å². The van der Waals surface area contributed by atoms with E-state index in [9.17, 15) is 46.2 Å². The monoisotopic (exact) mass is 1060 g/mol. The molecule has 0 bridgehead atoms. The first-order chi connectivity index (χ1) is 32.9. The second-order valence-corrected chi connectivity index (χ2v) is 20.5. The summed E-state index contributed by atoms with van der Waals surface area (Å²) in [6.07, 6.45) is 14.6. The fraction of sp³-hybridized carbons (Fsp3) is 0.306. The van der Waals surface area contributed by atoms with Gasteiger partial charge in [0.1, 0.15) is 11.6 Å². The Morgan fingerprint density at radius 2 is 0.901 bits per heavy atom. The van der Waals surface area contributed by atoms with E-state index in [-0.39, 0.29) is 18.6 Å². The largest absolute Gasteiger partial charge is 0.478 e. The molecule has 6 rings (SSSR count). The van der Waals surface area contributed by atoms with Gasteiger partial charge in [-0.2, -0.15) is 16.8 Å². The number of hydrogen-bond donors (Lipinski definition) is 6. The predicted octanol–water partition coefficient (Wildman–Crippen LogP) is 9.13. The molecular weight excluding hydrogens is 997 g/mol. The molecule has 0 atom stereocenters. The highest BCUT2D eigenvalue weighted by atomic mass is 32.2. The number of aromatic carboxylic acids is 2. The number of thiophene rings is 2. The lowest BCUT2D eigenvalue weighted by Crippen LogP contribution is -2.09. The van der Waals surface area contributed by atoms with Crippen LogP contribution in [0.3, 0.4) is 0 Å². The maximum atomic E-state index is 11.8. The summed E-state index contributed by atoms with van der Waals surface area (Å²) in [5, 5.41) is 41.5. The summed E-state index contributed by atoms with van der Waals surface area (Å²) in [5.41, 5.74) is 4.42. The predicted molar refractivity (Wildman–Crippen MR) is 276 cm³/mol. The number of aromatic nitrogens is 4. The lowest BCUT2D eigenvalue weighted by molar-refractivity contribution is -0.133. The lowest BCUT2D eigenvalue weighted by Gasteiger charge is -2.12. The maximum absolute atomic E-state index is 11.8. The minimum absolute atomic E-state index is 0. The molecule has 4 aromatic heterocycles. The molecule has 0 aliphatic carbocycles. The third-order valence-corrected chi connectivity index (χ3v) is 11.4. The number of unbranched alkanes of at least 4 members (excludes halogenated alkanes) is 2. The van der Waals surface area contributed by atoms with Gasteiger partial charge in [-0.1, -0.05) is 70.5 Å². The van der Waals surface area contributed by atoms with Gasteiger partial charge in [0, 0.05) is 59.7 Å². The van der Waals surface area contributed by atoms with Gasteiger partial charge in [-0.05, 0) is 83.3 Å². The fourth-order valence-corrected chi connectivity index (χ4v) is 7.78. The van der Waals surface area contributed by atoms with Crippen LogP contribution in [0.2, 0.25) is 0 Å². The molecule has 384 valence electrons. The highest BCUT2D eigenvalue weighted by molar-refractivity contribution is 7.85. The summed E-state index contributed by atoms with van der Waals surface area (Å²) in [6.45, 7) is 5.22. The summed E-state index contributed by atoms with van der Waals surface area (Å²) in [6, 6.07) is 21.1. The van der Waals surface area contributed by atoms with Gasteiger partial charge in [-0.15, -0.1) is 22.7 Å². The van der Waals surface area contributed by atoms with E-state index in [0.717, 1.165) is 82.4 Å². The van der Waals surface area contributed by atoms with Crippen LogP contribution in [-0.2, 0) is 68.6 Å². The molecule has 0 saturated carbocycles. The highest BCUT2D eigenvalue weighted by Gasteiger charge is 2.17. The normalized spacial score (nSPS) is 11.4. The molecule has 4 heterocycles. The number of hydrogen-bond acceptors (Lipinski definition) is 12. The first-order valence-corrected chi connectivity index (χ1v) is 26.9. The molecule has 0 radical (unpaired) electrons. The zero-order chi connectivity index (χ0) is 52.0. The maximum Gasteiger partial charge on any atom is 0.335 e.